The zero-order valence-electron chi connectivity index (χ0n) is 19.4. The minimum Gasteiger partial charge on any atom is -0.497 e. The van der Waals surface area contributed by atoms with E-state index in [1.54, 1.807) is 37.5 Å². The van der Waals surface area contributed by atoms with Crippen molar-refractivity contribution < 1.29 is 19.1 Å². The molecule has 0 radical (unpaired) electrons. The van der Waals surface area contributed by atoms with Gasteiger partial charge in [-0.25, -0.2) is 10.2 Å². The van der Waals surface area contributed by atoms with Gasteiger partial charge in [-0.15, -0.1) is 0 Å². The van der Waals surface area contributed by atoms with Crippen LogP contribution in [0, 0.1) is 13.8 Å². The van der Waals surface area contributed by atoms with E-state index in [-0.39, 0.29) is 12.5 Å². The molecule has 0 bridgehead atoms. The van der Waals surface area contributed by atoms with Crippen LogP contribution in [0.5, 0.6) is 11.5 Å². The molecule has 0 aromatic heterocycles. The molecule has 1 amide bonds. The van der Waals surface area contributed by atoms with Gasteiger partial charge in [0.1, 0.15) is 11.5 Å². The molecule has 34 heavy (non-hydrogen) atoms. The number of nitrogens with zero attached hydrogens (tertiary/aromatic N) is 1. The van der Waals surface area contributed by atoms with Crippen molar-refractivity contribution in [3.05, 3.63) is 95.1 Å². The number of benzene rings is 3. The van der Waals surface area contributed by atoms with Crippen LogP contribution in [-0.4, -0.2) is 31.7 Å². The van der Waals surface area contributed by atoms with Crippen molar-refractivity contribution in [1.82, 2.24) is 5.43 Å². The molecule has 2 N–H and O–H groups in total. The van der Waals surface area contributed by atoms with Gasteiger partial charge in [-0.05, 0) is 78.6 Å². The molecule has 3 aromatic rings. The Hall–Kier alpha value is -4.39. The third-order valence-electron chi connectivity index (χ3n) is 4.94. The number of para-hydroxylation sites is 1. The number of carbonyl (C=O) groups is 2. The molecule has 0 aliphatic rings. The molecule has 3 rings (SSSR count). The van der Waals surface area contributed by atoms with E-state index in [0.29, 0.717) is 5.75 Å². The Labute approximate surface area is 199 Å². The SMILES string of the molecule is COc1ccc(C=CC(=O)Oc2ccc(C=NNC(=O)CNc3c(C)cccc3C)cc2)cc1. The second-order valence-electron chi connectivity index (χ2n) is 7.51. The molecule has 174 valence electrons. The lowest BCUT2D eigenvalue weighted by atomic mass is 10.1. The predicted molar refractivity (Wildman–Crippen MR) is 134 cm³/mol. The van der Waals surface area contributed by atoms with Gasteiger partial charge >= 0.3 is 5.97 Å². The maximum Gasteiger partial charge on any atom is 0.336 e. The Balaban J connectivity index is 1.44. The summed E-state index contributed by atoms with van der Waals surface area (Å²) in [7, 11) is 1.60. The summed E-state index contributed by atoms with van der Waals surface area (Å²) in [5.41, 5.74) is 7.20. The van der Waals surface area contributed by atoms with Crippen LogP contribution in [-0.2, 0) is 9.59 Å². The van der Waals surface area contributed by atoms with Crippen LogP contribution in [0.25, 0.3) is 6.08 Å². The topological polar surface area (TPSA) is 89.0 Å². The number of rotatable bonds is 9. The third-order valence-corrected chi connectivity index (χ3v) is 4.94. The molecule has 0 spiro atoms. The minimum atomic E-state index is -0.485. The van der Waals surface area contributed by atoms with E-state index in [1.165, 1.54) is 12.3 Å². The monoisotopic (exact) mass is 457 g/mol. The van der Waals surface area contributed by atoms with Crippen molar-refractivity contribution in [3.63, 3.8) is 0 Å². The highest BCUT2D eigenvalue weighted by molar-refractivity contribution is 5.89. The van der Waals surface area contributed by atoms with Crippen LogP contribution in [0.4, 0.5) is 5.69 Å². The number of hydrogen-bond donors (Lipinski definition) is 2. The Kier molecular flexibility index (Phi) is 8.57. The Morgan fingerprint density at radius 1 is 0.882 bits per heavy atom. The zero-order valence-corrected chi connectivity index (χ0v) is 19.4. The first-order chi connectivity index (χ1) is 16.4. The summed E-state index contributed by atoms with van der Waals surface area (Å²) < 4.78 is 10.4. The first kappa shape index (κ1) is 24.3. The zero-order chi connectivity index (χ0) is 24.3. The first-order valence-electron chi connectivity index (χ1n) is 10.7. The van der Waals surface area contributed by atoms with Gasteiger partial charge in [0.05, 0.1) is 19.9 Å². The van der Waals surface area contributed by atoms with Crippen molar-refractivity contribution in [3.8, 4) is 11.5 Å². The summed E-state index contributed by atoms with van der Waals surface area (Å²) in [6.45, 7) is 4.09. The van der Waals surface area contributed by atoms with Crippen molar-refractivity contribution in [2.24, 2.45) is 5.10 Å². The van der Waals surface area contributed by atoms with E-state index < -0.39 is 5.97 Å². The van der Waals surface area contributed by atoms with Gasteiger partial charge in [0.15, 0.2) is 0 Å². The van der Waals surface area contributed by atoms with E-state index in [0.717, 1.165) is 33.7 Å². The first-order valence-corrected chi connectivity index (χ1v) is 10.7. The quantitative estimate of drug-likeness (QED) is 0.162. The maximum atomic E-state index is 12.0. The molecular weight excluding hydrogens is 430 g/mol. The van der Waals surface area contributed by atoms with Crippen LogP contribution >= 0.6 is 0 Å². The van der Waals surface area contributed by atoms with E-state index in [4.69, 9.17) is 9.47 Å². The normalized spacial score (nSPS) is 10.9. The smallest absolute Gasteiger partial charge is 0.336 e. The number of esters is 1. The highest BCUT2D eigenvalue weighted by Gasteiger charge is 2.05. The molecule has 0 saturated heterocycles. The molecule has 7 nitrogen and oxygen atoms in total. The second-order valence-corrected chi connectivity index (χ2v) is 7.51. The number of hydrogen-bond acceptors (Lipinski definition) is 6. The summed E-state index contributed by atoms with van der Waals surface area (Å²) in [4.78, 5) is 24.1. The van der Waals surface area contributed by atoms with Crippen molar-refractivity contribution in [2.45, 2.75) is 13.8 Å². The molecule has 0 fully saturated rings. The molecule has 0 atom stereocenters. The van der Waals surface area contributed by atoms with Crippen molar-refractivity contribution in [1.29, 1.82) is 0 Å². The molecule has 0 heterocycles. The number of anilines is 1. The largest absolute Gasteiger partial charge is 0.497 e. The lowest BCUT2D eigenvalue weighted by Crippen LogP contribution is -2.26. The van der Waals surface area contributed by atoms with Gasteiger partial charge in [0, 0.05) is 11.8 Å². The molecular formula is C27H27N3O4. The number of nitrogens with one attached hydrogen (secondary N) is 2. The van der Waals surface area contributed by atoms with Gasteiger partial charge in [-0.1, -0.05) is 30.3 Å². The van der Waals surface area contributed by atoms with Crippen LogP contribution in [0.3, 0.4) is 0 Å². The fraction of sp³-hybridized carbons (Fsp3) is 0.148. The minimum absolute atomic E-state index is 0.113. The molecule has 0 aliphatic carbocycles. The Morgan fingerprint density at radius 2 is 1.50 bits per heavy atom. The van der Waals surface area contributed by atoms with Gasteiger partial charge in [-0.3, -0.25) is 4.79 Å². The van der Waals surface area contributed by atoms with E-state index in [9.17, 15) is 9.59 Å². The van der Waals surface area contributed by atoms with E-state index in [2.05, 4.69) is 15.8 Å². The number of hydrazone groups is 1. The lowest BCUT2D eigenvalue weighted by Gasteiger charge is -2.11. The second kappa shape index (κ2) is 12.0. The molecule has 7 heteroatoms. The molecule has 3 aromatic carbocycles. The summed E-state index contributed by atoms with van der Waals surface area (Å²) >= 11 is 0. The van der Waals surface area contributed by atoms with Crippen LogP contribution in [0.2, 0.25) is 0 Å². The lowest BCUT2D eigenvalue weighted by molar-refractivity contribution is -0.129. The highest BCUT2D eigenvalue weighted by Crippen LogP contribution is 2.19. The third kappa shape index (κ3) is 7.34. The summed E-state index contributed by atoms with van der Waals surface area (Å²) in [6.07, 6.45) is 4.55. The fourth-order valence-corrected chi connectivity index (χ4v) is 3.13. The standard InChI is InChI=1S/C27H27N3O4/c1-19-5-4-6-20(2)27(19)28-18-25(31)30-29-17-22-9-14-24(15-10-22)34-26(32)16-11-21-7-12-23(33-3)13-8-21/h4-17,28H,18H2,1-3H3,(H,30,31). The van der Waals surface area contributed by atoms with Crippen molar-refractivity contribution >= 4 is 29.9 Å². The average Bonchev–Trinajstić information content (AvgIpc) is 2.84. The highest BCUT2D eigenvalue weighted by atomic mass is 16.5. The van der Waals surface area contributed by atoms with E-state index in [1.807, 2.05) is 56.3 Å². The van der Waals surface area contributed by atoms with Crippen LogP contribution in [0.1, 0.15) is 22.3 Å². The number of methoxy groups -OCH3 is 1. The number of ether oxygens (including phenoxy) is 2. The number of amides is 1. The summed E-state index contributed by atoms with van der Waals surface area (Å²) in [5.74, 6) is 0.411. The van der Waals surface area contributed by atoms with Gasteiger partial charge in [0.2, 0.25) is 0 Å². The maximum absolute atomic E-state index is 12.0. The van der Waals surface area contributed by atoms with Crippen LogP contribution in [0.15, 0.2) is 77.9 Å². The number of carbonyl (C=O) groups excluding carboxylic acids is 2. The summed E-state index contributed by atoms with van der Waals surface area (Å²) in [5, 5.41) is 7.11. The Morgan fingerprint density at radius 3 is 2.15 bits per heavy atom. The van der Waals surface area contributed by atoms with Crippen molar-refractivity contribution in [2.75, 3.05) is 19.0 Å². The Bertz CT molecular complexity index is 1160. The van der Waals surface area contributed by atoms with Crippen LogP contribution < -0.4 is 20.2 Å². The van der Waals surface area contributed by atoms with Gasteiger partial charge in [-0.2, -0.15) is 5.10 Å². The van der Waals surface area contributed by atoms with Gasteiger partial charge < -0.3 is 14.8 Å². The van der Waals surface area contributed by atoms with E-state index >= 15 is 0 Å². The summed E-state index contributed by atoms with van der Waals surface area (Å²) in [6, 6.07) is 20.1. The van der Waals surface area contributed by atoms with Gasteiger partial charge in [0.25, 0.3) is 5.91 Å². The molecule has 0 unspecified atom stereocenters. The number of aryl methyl sites for hydroxylation is 2. The average molecular weight is 458 g/mol. The molecule has 0 saturated carbocycles. The molecule has 0 aliphatic heterocycles. The fourth-order valence-electron chi connectivity index (χ4n) is 3.13. The predicted octanol–water partition coefficient (Wildman–Crippen LogP) is 4.49.